The van der Waals surface area contributed by atoms with Gasteiger partial charge in [-0.25, -0.2) is 4.79 Å². The van der Waals surface area contributed by atoms with Gasteiger partial charge in [-0.2, -0.15) is 0 Å². The maximum Gasteiger partial charge on any atom is 0.330 e. The van der Waals surface area contributed by atoms with Crippen LogP contribution in [0.4, 0.5) is 0 Å². The fraction of sp³-hybridized carbons (Fsp3) is 0.278. The second-order valence-corrected chi connectivity index (χ2v) is 6.27. The van der Waals surface area contributed by atoms with Crippen LogP contribution in [0.1, 0.15) is 11.1 Å². The van der Waals surface area contributed by atoms with Crippen molar-refractivity contribution in [3.05, 3.63) is 67.3 Å². The first kappa shape index (κ1) is 20.5. The van der Waals surface area contributed by atoms with E-state index < -0.39 is 17.2 Å². The number of thiol groups is 1. The molecular formula is C18H22N4O4S. The SMILES string of the molecule is COc1cccc(CNC(=O)/C(S)=C/c2cn(C)c(=O)n(CCN)c2=O)c1. The number of aryl methyl sites for hydroxylation is 1. The molecule has 1 heterocycles. The van der Waals surface area contributed by atoms with Crippen molar-refractivity contribution in [2.45, 2.75) is 13.1 Å². The fourth-order valence-corrected chi connectivity index (χ4v) is 2.66. The first-order valence-corrected chi connectivity index (χ1v) is 8.64. The Morgan fingerprint density at radius 2 is 2.11 bits per heavy atom. The molecule has 0 aliphatic rings. The zero-order valence-electron chi connectivity index (χ0n) is 15.1. The van der Waals surface area contributed by atoms with Crippen molar-refractivity contribution in [3.63, 3.8) is 0 Å². The van der Waals surface area contributed by atoms with Crippen LogP contribution in [-0.2, 0) is 24.9 Å². The van der Waals surface area contributed by atoms with E-state index in [2.05, 4.69) is 17.9 Å². The van der Waals surface area contributed by atoms with Crippen molar-refractivity contribution in [1.29, 1.82) is 0 Å². The Morgan fingerprint density at radius 1 is 1.37 bits per heavy atom. The Bertz CT molecular complexity index is 978. The highest BCUT2D eigenvalue weighted by Gasteiger charge is 2.11. The number of hydrogen-bond donors (Lipinski definition) is 3. The van der Waals surface area contributed by atoms with Crippen LogP contribution in [0, 0.1) is 0 Å². The van der Waals surface area contributed by atoms with Crippen LogP contribution >= 0.6 is 12.6 Å². The average molecular weight is 390 g/mol. The van der Waals surface area contributed by atoms with Crippen molar-refractivity contribution in [1.82, 2.24) is 14.5 Å². The Balaban J connectivity index is 2.20. The van der Waals surface area contributed by atoms with Crippen molar-refractivity contribution in [2.75, 3.05) is 13.7 Å². The number of methoxy groups -OCH3 is 1. The number of benzene rings is 1. The summed E-state index contributed by atoms with van der Waals surface area (Å²) < 4.78 is 7.43. The highest BCUT2D eigenvalue weighted by molar-refractivity contribution is 7.85. The maximum atomic E-state index is 12.4. The number of aromatic nitrogens is 2. The number of nitrogens with zero attached hydrogens (tertiary/aromatic N) is 2. The van der Waals surface area contributed by atoms with E-state index in [1.807, 2.05) is 12.1 Å². The molecule has 9 heteroatoms. The molecule has 3 N–H and O–H groups in total. The molecule has 0 saturated heterocycles. The van der Waals surface area contributed by atoms with Gasteiger partial charge < -0.3 is 20.4 Å². The molecule has 1 aromatic carbocycles. The third-order valence-corrected chi connectivity index (χ3v) is 4.15. The summed E-state index contributed by atoms with van der Waals surface area (Å²) in [6.07, 6.45) is 2.70. The third-order valence-electron chi connectivity index (χ3n) is 3.82. The standard InChI is InChI=1S/C18H22N4O4S/c1-21-11-13(17(24)22(7-6-19)18(21)25)9-15(27)16(23)20-10-12-4-3-5-14(8-12)26-2/h3-5,8-9,11,27H,6-7,10,19H2,1-2H3,(H,20,23)/b15-9-. The van der Waals surface area contributed by atoms with E-state index >= 15 is 0 Å². The number of nitrogens with one attached hydrogen (secondary N) is 1. The fourth-order valence-electron chi connectivity index (χ4n) is 2.45. The smallest absolute Gasteiger partial charge is 0.330 e. The van der Waals surface area contributed by atoms with Gasteiger partial charge in [0.15, 0.2) is 0 Å². The molecule has 27 heavy (non-hydrogen) atoms. The Hall–Kier alpha value is -2.78. The lowest BCUT2D eigenvalue weighted by Gasteiger charge is -2.09. The predicted molar refractivity (Wildman–Crippen MR) is 107 cm³/mol. The van der Waals surface area contributed by atoms with Gasteiger partial charge >= 0.3 is 5.69 Å². The second kappa shape index (κ2) is 9.24. The van der Waals surface area contributed by atoms with E-state index in [9.17, 15) is 14.4 Å². The summed E-state index contributed by atoms with van der Waals surface area (Å²) in [6, 6.07) is 7.28. The van der Waals surface area contributed by atoms with Gasteiger partial charge in [0, 0.05) is 32.9 Å². The number of ether oxygens (including phenoxy) is 1. The second-order valence-electron chi connectivity index (χ2n) is 5.79. The molecule has 0 spiro atoms. The Morgan fingerprint density at radius 3 is 2.78 bits per heavy atom. The minimum absolute atomic E-state index is 0.0490. The monoisotopic (exact) mass is 390 g/mol. The van der Waals surface area contributed by atoms with Crippen LogP contribution in [0.3, 0.4) is 0 Å². The van der Waals surface area contributed by atoms with Crippen LogP contribution < -0.4 is 27.0 Å². The van der Waals surface area contributed by atoms with Gasteiger partial charge in [0.25, 0.3) is 11.5 Å². The number of amides is 1. The molecule has 0 atom stereocenters. The number of carbonyl (C=O) groups is 1. The number of hydrogen-bond acceptors (Lipinski definition) is 6. The summed E-state index contributed by atoms with van der Waals surface area (Å²) >= 11 is 4.18. The predicted octanol–water partition coefficient (Wildman–Crippen LogP) is 0.101. The zero-order valence-corrected chi connectivity index (χ0v) is 16.0. The molecule has 0 unspecified atom stereocenters. The van der Waals surface area contributed by atoms with Gasteiger partial charge in [-0.3, -0.25) is 14.2 Å². The summed E-state index contributed by atoms with van der Waals surface area (Å²) in [7, 11) is 3.09. The molecule has 2 aromatic rings. The summed E-state index contributed by atoms with van der Waals surface area (Å²) in [5.74, 6) is 0.244. The molecule has 2 rings (SSSR count). The topological polar surface area (TPSA) is 108 Å². The van der Waals surface area contributed by atoms with E-state index in [0.29, 0.717) is 5.75 Å². The summed E-state index contributed by atoms with van der Waals surface area (Å²) in [5, 5.41) is 2.72. The van der Waals surface area contributed by atoms with Crippen LogP contribution in [0.15, 0.2) is 45.0 Å². The number of rotatable bonds is 7. The molecule has 1 amide bonds. The van der Waals surface area contributed by atoms with Crippen LogP contribution in [0.5, 0.6) is 5.75 Å². The molecular weight excluding hydrogens is 368 g/mol. The quantitative estimate of drug-likeness (QED) is 0.459. The largest absolute Gasteiger partial charge is 0.497 e. The van der Waals surface area contributed by atoms with E-state index in [-0.39, 0.29) is 30.1 Å². The minimum atomic E-state index is -0.518. The molecule has 0 radical (unpaired) electrons. The van der Waals surface area contributed by atoms with Gasteiger partial charge in [0.05, 0.1) is 17.6 Å². The molecule has 144 valence electrons. The lowest BCUT2D eigenvalue weighted by Crippen LogP contribution is -2.41. The number of nitrogens with two attached hydrogens (primary N) is 1. The third kappa shape index (κ3) is 5.11. The van der Waals surface area contributed by atoms with Crippen molar-refractivity contribution >= 4 is 24.6 Å². The summed E-state index contributed by atoms with van der Waals surface area (Å²) in [5.41, 5.74) is 5.50. The van der Waals surface area contributed by atoms with E-state index in [1.165, 1.54) is 23.9 Å². The lowest BCUT2D eigenvalue weighted by molar-refractivity contribution is -0.116. The van der Waals surface area contributed by atoms with Gasteiger partial charge in [-0.05, 0) is 23.8 Å². The molecule has 0 aliphatic carbocycles. The number of carbonyl (C=O) groups excluding carboxylic acids is 1. The first-order chi connectivity index (χ1) is 12.9. The molecule has 0 aliphatic heterocycles. The lowest BCUT2D eigenvalue weighted by atomic mass is 10.2. The Labute approximate surface area is 161 Å². The van der Waals surface area contributed by atoms with Crippen molar-refractivity contribution < 1.29 is 9.53 Å². The van der Waals surface area contributed by atoms with Gasteiger partial charge in [0.2, 0.25) is 0 Å². The average Bonchev–Trinajstić information content (AvgIpc) is 2.67. The van der Waals surface area contributed by atoms with E-state index in [1.54, 1.807) is 19.2 Å². The van der Waals surface area contributed by atoms with Gasteiger partial charge in [0.1, 0.15) is 5.75 Å². The highest BCUT2D eigenvalue weighted by atomic mass is 32.1. The first-order valence-electron chi connectivity index (χ1n) is 8.19. The minimum Gasteiger partial charge on any atom is -0.497 e. The van der Waals surface area contributed by atoms with Crippen LogP contribution in [0.2, 0.25) is 0 Å². The molecule has 0 bridgehead atoms. The molecule has 0 fully saturated rings. The molecule has 0 saturated carbocycles. The molecule has 8 nitrogen and oxygen atoms in total. The normalized spacial score (nSPS) is 11.3. The molecule has 1 aromatic heterocycles. The summed E-state index contributed by atoms with van der Waals surface area (Å²) in [6.45, 7) is 0.521. The van der Waals surface area contributed by atoms with Crippen LogP contribution in [0.25, 0.3) is 6.08 Å². The summed E-state index contributed by atoms with van der Waals surface area (Å²) in [4.78, 5) is 36.7. The van der Waals surface area contributed by atoms with Gasteiger partial charge in [-0.1, -0.05) is 12.1 Å². The zero-order chi connectivity index (χ0) is 20.0. The van der Waals surface area contributed by atoms with E-state index in [4.69, 9.17) is 10.5 Å². The maximum absolute atomic E-state index is 12.4. The highest BCUT2D eigenvalue weighted by Crippen LogP contribution is 2.13. The van der Waals surface area contributed by atoms with E-state index in [0.717, 1.165) is 10.1 Å². The van der Waals surface area contributed by atoms with Crippen molar-refractivity contribution in [2.24, 2.45) is 12.8 Å². The Kier molecular flexibility index (Phi) is 7.03. The van der Waals surface area contributed by atoms with Gasteiger partial charge in [-0.15, -0.1) is 12.6 Å². The van der Waals surface area contributed by atoms with Crippen LogP contribution in [-0.4, -0.2) is 28.7 Å². The van der Waals surface area contributed by atoms with Crippen molar-refractivity contribution in [3.8, 4) is 5.75 Å².